The third-order valence-electron chi connectivity index (χ3n) is 5.12. The average Bonchev–Trinajstić information content (AvgIpc) is 2.97. The van der Waals surface area contributed by atoms with Crippen molar-refractivity contribution in [3.8, 4) is 0 Å². The van der Waals surface area contributed by atoms with Gasteiger partial charge in [0.05, 0.1) is 5.25 Å². The van der Waals surface area contributed by atoms with E-state index in [1.165, 1.54) is 31.9 Å². The Morgan fingerprint density at radius 1 is 1.22 bits per heavy atom. The smallest absolute Gasteiger partial charge is 0.152 e. The topological polar surface area (TPSA) is 63.4 Å². The third-order valence-corrected chi connectivity index (χ3v) is 6.83. The van der Waals surface area contributed by atoms with Gasteiger partial charge in [-0.25, -0.2) is 8.42 Å². The maximum atomic E-state index is 12.0. The van der Waals surface area contributed by atoms with Crippen LogP contribution in [0.25, 0.3) is 0 Å². The quantitative estimate of drug-likeness (QED) is 0.835. The second-order valence-corrected chi connectivity index (χ2v) is 8.30. The molecule has 0 aromatic carbocycles. The first-order chi connectivity index (χ1) is 8.42. The van der Waals surface area contributed by atoms with Crippen molar-refractivity contribution in [2.24, 2.45) is 5.73 Å². The van der Waals surface area contributed by atoms with Gasteiger partial charge in [0.1, 0.15) is 0 Å². The Hall–Kier alpha value is -0.130. The maximum Gasteiger partial charge on any atom is 0.152 e. The molecular formula is C13H26N2O2S. The van der Waals surface area contributed by atoms with Gasteiger partial charge in [-0.1, -0.05) is 19.3 Å². The summed E-state index contributed by atoms with van der Waals surface area (Å²) >= 11 is 0. The Morgan fingerprint density at radius 2 is 1.83 bits per heavy atom. The molecule has 4 nitrogen and oxygen atoms in total. The van der Waals surface area contributed by atoms with E-state index in [4.69, 9.17) is 5.73 Å². The Kier molecular flexibility index (Phi) is 4.04. The van der Waals surface area contributed by atoms with E-state index in [1.807, 2.05) is 0 Å². The van der Waals surface area contributed by atoms with Crippen molar-refractivity contribution in [1.29, 1.82) is 0 Å². The number of sulfone groups is 1. The van der Waals surface area contributed by atoms with Crippen molar-refractivity contribution >= 4 is 9.84 Å². The van der Waals surface area contributed by atoms with Crippen LogP contribution in [0.5, 0.6) is 0 Å². The molecule has 2 aliphatic carbocycles. The van der Waals surface area contributed by atoms with Crippen LogP contribution in [-0.2, 0) is 9.84 Å². The highest BCUT2D eigenvalue weighted by molar-refractivity contribution is 7.91. The number of rotatable bonds is 4. The number of likely N-dealkylation sites (N-methyl/N-ethyl adjacent to an activating group) is 1. The highest BCUT2D eigenvalue weighted by atomic mass is 32.2. The van der Waals surface area contributed by atoms with Crippen LogP contribution in [0.2, 0.25) is 0 Å². The molecule has 0 saturated heterocycles. The van der Waals surface area contributed by atoms with Gasteiger partial charge < -0.3 is 5.73 Å². The molecule has 106 valence electrons. The molecule has 0 bridgehead atoms. The van der Waals surface area contributed by atoms with Crippen LogP contribution in [0.3, 0.4) is 0 Å². The van der Waals surface area contributed by atoms with Gasteiger partial charge in [-0.15, -0.1) is 0 Å². The van der Waals surface area contributed by atoms with Crippen LogP contribution in [-0.4, -0.2) is 50.0 Å². The minimum atomic E-state index is -3.02. The average molecular weight is 274 g/mol. The first-order valence-electron chi connectivity index (χ1n) is 7.04. The molecule has 2 saturated carbocycles. The summed E-state index contributed by atoms with van der Waals surface area (Å²) in [6.45, 7) is 0.456. The number of nitrogens with two attached hydrogens (primary N) is 1. The molecule has 2 N–H and O–H groups in total. The van der Waals surface area contributed by atoms with Crippen LogP contribution in [0.1, 0.15) is 44.9 Å². The molecule has 18 heavy (non-hydrogen) atoms. The standard InChI is InChI=1S/C13H26N2O2S/c1-15(11-6-3-4-7-11)13(10-14)9-5-8-12(13)18(2,16)17/h11-12H,3-10,14H2,1-2H3. The Morgan fingerprint density at radius 3 is 2.33 bits per heavy atom. The van der Waals surface area contributed by atoms with Gasteiger partial charge in [0.25, 0.3) is 0 Å². The molecular weight excluding hydrogens is 248 g/mol. The lowest BCUT2D eigenvalue weighted by Gasteiger charge is -2.45. The summed E-state index contributed by atoms with van der Waals surface area (Å²) in [4.78, 5) is 2.32. The van der Waals surface area contributed by atoms with Crippen molar-refractivity contribution in [3.63, 3.8) is 0 Å². The SMILES string of the molecule is CN(C1CCCC1)C1(CN)CCCC1S(C)(=O)=O. The molecule has 2 aliphatic rings. The van der Waals surface area contributed by atoms with E-state index in [2.05, 4.69) is 11.9 Å². The van der Waals surface area contributed by atoms with Crippen molar-refractivity contribution in [2.45, 2.75) is 61.8 Å². The summed E-state index contributed by atoms with van der Waals surface area (Å²) in [6, 6.07) is 0.524. The predicted molar refractivity (Wildman–Crippen MR) is 74.3 cm³/mol. The van der Waals surface area contributed by atoms with Gasteiger partial charge in [-0.3, -0.25) is 4.90 Å². The molecule has 0 amide bonds. The highest BCUT2D eigenvalue weighted by Crippen LogP contribution is 2.41. The predicted octanol–water partition coefficient (Wildman–Crippen LogP) is 1.16. The van der Waals surface area contributed by atoms with Crippen molar-refractivity contribution in [1.82, 2.24) is 4.90 Å². The molecule has 0 aromatic rings. The molecule has 2 atom stereocenters. The monoisotopic (exact) mass is 274 g/mol. The molecule has 0 aliphatic heterocycles. The molecule has 0 spiro atoms. The van der Waals surface area contributed by atoms with E-state index < -0.39 is 9.84 Å². The fourth-order valence-corrected chi connectivity index (χ4v) is 5.84. The van der Waals surface area contributed by atoms with Gasteiger partial charge in [0, 0.05) is 24.4 Å². The first kappa shape index (κ1) is 14.3. The summed E-state index contributed by atoms with van der Waals surface area (Å²) in [5, 5.41) is -0.277. The fourth-order valence-electron chi connectivity index (χ4n) is 4.07. The molecule has 0 radical (unpaired) electrons. The Bertz CT molecular complexity index is 390. The van der Waals surface area contributed by atoms with E-state index in [9.17, 15) is 8.42 Å². The van der Waals surface area contributed by atoms with Crippen molar-refractivity contribution in [2.75, 3.05) is 19.8 Å². The van der Waals surface area contributed by atoms with Gasteiger partial charge in [-0.2, -0.15) is 0 Å². The summed E-state index contributed by atoms with van der Waals surface area (Å²) in [5.41, 5.74) is 5.70. The highest BCUT2D eigenvalue weighted by Gasteiger charge is 2.51. The fraction of sp³-hybridized carbons (Fsp3) is 1.00. The zero-order chi connectivity index (χ0) is 13.4. The van der Waals surface area contributed by atoms with E-state index >= 15 is 0 Å². The van der Waals surface area contributed by atoms with Crippen molar-refractivity contribution < 1.29 is 8.42 Å². The Balaban J connectivity index is 2.28. The van der Waals surface area contributed by atoms with E-state index in [-0.39, 0.29) is 10.8 Å². The van der Waals surface area contributed by atoms with Crippen LogP contribution >= 0.6 is 0 Å². The maximum absolute atomic E-state index is 12.0. The van der Waals surface area contributed by atoms with Gasteiger partial charge in [0.2, 0.25) is 0 Å². The zero-order valence-corrected chi connectivity index (χ0v) is 12.4. The van der Waals surface area contributed by atoms with E-state index in [1.54, 1.807) is 0 Å². The number of hydrogen-bond donors (Lipinski definition) is 1. The third kappa shape index (κ3) is 2.32. The second kappa shape index (κ2) is 5.10. The molecule has 2 fully saturated rings. The minimum Gasteiger partial charge on any atom is -0.329 e. The molecule has 0 heterocycles. The summed E-state index contributed by atoms with van der Waals surface area (Å²) in [6.07, 6.45) is 8.95. The number of hydrogen-bond acceptors (Lipinski definition) is 4. The van der Waals surface area contributed by atoms with E-state index in [0.29, 0.717) is 12.6 Å². The van der Waals surface area contributed by atoms with Crippen LogP contribution in [0.15, 0.2) is 0 Å². The van der Waals surface area contributed by atoms with Crippen molar-refractivity contribution in [3.05, 3.63) is 0 Å². The van der Waals surface area contributed by atoms with E-state index in [0.717, 1.165) is 19.3 Å². The summed E-state index contributed by atoms with van der Waals surface area (Å²) in [7, 11) is -0.929. The van der Waals surface area contributed by atoms with Gasteiger partial charge in [0.15, 0.2) is 9.84 Å². The van der Waals surface area contributed by atoms with Gasteiger partial charge in [-0.05, 0) is 32.7 Å². The lowest BCUT2D eigenvalue weighted by molar-refractivity contribution is 0.0865. The lowest BCUT2D eigenvalue weighted by Crippen LogP contribution is -2.61. The van der Waals surface area contributed by atoms with Gasteiger partial charge >= 0.3 is 0 Å². The van der Waals surface area contributed by atoms with Crippen LogP contribution in [0.4, 0.5) is 0 Å². The molecule has 2 rings (SSSR count). The largest absolute Gasteiger partial charge is 0.329 e. The summed E-state index contributed by atoms with van der Waals surface area (Å²) < 4.78 is 24.1. The van der Waals surface area contributed by atoms with Crippen LogP contribution in [0, 0.1) is 0 Å². The Labute approximate surface area is 111 Å². The normalized spacial score (nSPS) is 34.6. The molecule has 2 unspecified atom stereocenters. The summed E-state index contributed by atoms with van der Waals surface area (Å²) in [5.74, 6) is 0. The lowest BCUT2D eigenvalue weighted by atomic mass is 9.93. The number of nitrogens with zero attached hydrogens (tertiary/aromatic N) is 1. The molecule has 5 heteroatoms. The second-order valence-electron chi connectivity index (χ2n) is 6.07. The molecule has 0 aromatic heterocycles. The zero-order valence-electron chi connectivity index (χ0n) is 11.6. The first-order valence-corrected chi connectivity index (χ1v) is 8.99. The van der Waals surface area contributed by atoms with Crippen LogP contribution < -0.4 is 5.73 Å². The minimum absolute atomic E-state index is 0.277.